The number of rotatable bonds is 4. The molecule has 6 nitrogen and oxygen atoms in total. The van der Waals surface area contributed by atoms with Gasteiger partial charge in [0.2, 0.25) is 5.91 Å². The lowest BCUT2D eigenvalue weighted by atomic mass is 9.96. The number of aliphatic carboxylic acids is 1. The van der Waals surface area contributed by atoms with Gasteiger partial charge in [0.15, 0.2) is 0 Å². The second-order valence-corrected chi connectivity index (χ2v) is 5.16. The fourth-order valence-electron chi connectivity index (χ4n) is 1.28. The van der Waals surface area contributed by atoms with Crippen molar-refractivity contribution in [3.8, 4) is 0 Å². The zero-order valence-electron chi connectivity index (χ0n) is 10.7. The van der Waals surface area contributed by atoms with Gasteiger partial charge in [0.25, 0.3) is 0 Å². The number of imide groups is 1. The second kappa shape index (κ2) is 6.22. The van der Waals surface area contributed by atoms with E-state index in [1.165, 1.54) is 4.90 Å². The summed E-state index contributed by atoms with van der Waals surface area (Å²) in [4.78, 5) is 34.4. The van der Waals surface area contributed by atoms with Crippen LogP contribution >= 0.6 is 0 Å². The third-order valence-corrected chi connectivity index (χ3v) is 1.87. The predicted octanol–water partition coefficient (Wildman–Crippen LogP) is 1.07. The van der Waals surface area contributed by atoms with Crippen molar-refractivity contribution in [2.45, 2.75) is 33.6 Å². The molecule has 0 unspecified atom stereocenters. The number of amides is 3. The molecular weight excluding hydrogens is 224 g/mol. The molecule has 98 valence electrons. The number of hydrogen-bond donors (Lipinski definition) is 2. The van der Waals surface area contributed by atoms with E-state index >= 15 is 0 Å². The standard InChI is InChI=1S/C11H20N2O4/c1-11(2,3)7-13(4)10(17)12-8(14)5-6-9(15)16/h5-7H2,1-4H3,(H,15,16)(H,12,14,17). The zero-order chi connectivity index (χ0) is 13.6. The van der Waals surface area contributed by atoms with Gasteiger partial charge < -0.3 is 10.0 Å². The summed E-state index contributed by atoms with van der Waals surface area (Å²) in [5.41, 5.74) is -0.0593. The Morgan fingerprint density at radius 3 is 2.12 bits per heavy atom. The number of nitrogens with one attached hydrogen (secondary N) is 1. The number of nitrogens with zero attached hydrogens (tertiary/aromatic N) is 1. The normalized spacial score (nSPS) is 10.8. The minimum absolute atomic E-state index is 0.0593. The summed E-state index contributed by atoms with van der Waals surface area (Å²) in [5, 5.41) is 10.5. The number of carbonyl (C=O) groups is 3. The van der Waals surface area contributed by atoms with Gasteiger partial charge in [-0.3, -0.25) is 14.9 Å². The van der Waals surface area contributed by atoms with E-state index in [0.29, 0.717) is 6.54 Å². The van der Waals surface area contributed by atoms with Gasteiger partial charge in [0, 0.05) is 20.0 Å². The van der Waals surface area contributed by atoms with Crippen LogP contribution in [0.1, 0.15) is 33.6 Å². The van der Waals surface area contributed by atoms with Crippen LogP contribution in [0.25, 0.3) is 0 Å². The van der Waals surface area contributed by atoms with Crippen LogP contribution in [-0.2, 0) is 9.59 Å². The van der Waals surface area contributed by atoms with Crippen molar-refractivity contribution in [2.75, 3.05) is 13.6 Å². The SMILES string of the molecule is CN(CC(C)(C)C)C(=O)NC(=O)CCC(=O)O. The molecule has 0 saturated heterocycles. The maximum absolute atomic E-state index is 11.5. The molecule has 17 heavy (non-hydrogen) atoms. The summed E-state index contributed by atoms with van der Waals surface area (Å²) in [6.45, 7) is 6.43. The third kappa shape index (κ3) is 8.24. The molecular formula is C11H20N2O4. The average molecular weight is 244 g/mol. The minimum Gasteiger partial charge on any atom is -0.481 e. The quantitative estimate of drug-likeness (QED) is 0.774. The first-order chi connectivity index (χ1) is 7.61. The molecule has 0 rings (SSSR count). The molecule has 3 amide bonds. The highest BCUT2D eigenvalue weighted by Gasteiger charge is 2.19. The molecule has 0 aromatic heterocycles. The second-order valence-electron chi connectivity index (χ2n) is 5.16. The first kappa shape index (κ1) is 15.4. The molecule has 2 N–H and O–H groups in total. The van der Waals surface area contributed by atoms with Crippen molar-refractivity contribution in [2.24, 2.45) is 5.41 Å². The Kier molecular flexibility index (Phi) is 5.64. The van der Waals surface area contributed by atoms with Gasteiger partial charge in [-0.2, -0.15) is 0 Å². The molecule has 0 atom stereocenters. The van der Waals surface area contributed by atoms with E-state index in [9.17, 15) is 14.4 Å². The van der Waals surface area contributed by atoms with Crippen LogP contribution in [0.5, 0.6) is 0 Å². The summed E-state index contributed by atoms with van der Waals surface area (Å²) >= 11 is 0. The van der Waals surface area contributed by atoms with E-state index in [4.69, 9.17) is 5.11 Å². The number of carbonyl (C=O) groups excluding carboxylic acids is 2. The van der Waals surface area contributed by atoms with Crippen LogP contribution < -0.4 is 5.32 Å². The third-order valence-electron chi connectivity index (χ3n) is 1.87. The van der Waals surface area contributed by atoms with Gasteiger partial charge >= 0.3 is 12.0 Å². The summed E-state index contributed by atoms with van der Waals surface area (Å²) in [6, 6.07) is -0.504. The first-order valence-electron chi connectivity index (χ1n) is 5.38. The Bertz CT molecular complexity index is 307. The number of hydrogen-bond acceptors (Lipinski definition) is 3. The van der Waals surface area contributed by atoms with Crippen LogP contribution in [0.15, 0.2) is 0 Å². The van der Waals surface area contributed by atoms with Gasteiger partial charge in [0.05, 0.1) is 6.42 Å². The molecule has 0 aromatic carbocycles. The van der Waals surface area contributed by atoms with E-state index in [1.54, 1.807) is 7.05 Å². The van der Waals surface area contributed by atoms with Crippen LogP contribution in [0.2, 0.25) is 0 Å². The van der Waals surface area contributed by atoms with E-state index in [0.717, 1.165) is 0 Å². The lowest BCUT2D eigenvalue weighted by molar-refractivity contribution is -0.138. The van der Waals surface area contributed by atoms with Crippen molar-refractivity contribution >= 4 is 17.9 Å². The molecule has 0 aliphatic carbocycles. The highest BCUT2D eigenvalue weighted by atomic mass is 16.4. The first-order valence-corrected chi connectivity index (χ1v) is 5.38. The summed E-state index contributed by atoms with van der Waals surface area (Å²) in [6.07, 6.45) is -0.466. The largest absolute Gasteiger partial charge is 0.481 e. The van der Waals surface area contributed by atoms with Crippen LogP contribution in [-0.4, -0.2) is 41.5 Å². The predicted molar refractivity (Wildman–Crippen MR) is 62.5 cm³/mol. The fraction of sp³-hybridized carbons (Fsp3) is 0.727. The molecule has 6 heteroatoms. The smallest absolute Gasteiger partial charge is 0.323 e. The van der Waals surface area contributed by atoms with Gasteiger partial charge in [-0.05, 0) is 5.41 Å². The molecule has 0 radical (unpaired) electrons. The van der Waals surface area contributed by atoms with Crippen molar-refractivity contribution in [3.05, 3.63) is 0 Å². The number of carboxylic acid groups (broad SMARTS) is 1. The summed E-state index contributed by atoms with van der Waals surface area (Å²) in [5.74, 6) is -1.63. The lowest BCUT2D eigenvalue weighted by Gasteiger charge is -2.26. The molecule has 0 saturated carbocycles. The van der Waals surface area contributed by atoms with E-state index < -0.39 is 17.9 Å². The minimum atomic E-state index is -1.06. The van der Waals surface area contributed by atoms with Crippen LogP contribution in [0, 0.1) is 5.41 Å². The highest BCUT2D eigenvalue weighted by Crippen LogP contribution is 2.13. The Morgan fingerprint density at radius 2 is 1.71 bits per heavy atom. The van der Waals surface area contributed by atoms with Gasteiger partial charge in [-0.1, -0.05) is 20.8 Å². The van der Waals surface area contributed by atoms with Crippen LogP contribution in [0.3, 0.4) is 0 Å². The van der Waals surface area contributed by atoms with Crippen molar-refractivity contribution in [1.82, 2.24) is 10.2 Å². The molecule has 0 aliphatic heterocycles. The van der Waals surface area contributed by atoms with Gasteiger partial charge in [0.1, 0.15) is 0 Å². The Hall–Kier alpha value is -1.59. The fourth-order valence-corrected chi connectivity index (χ4v) is 1.28. The van der Waals surface area contributed by atoms with Crippen molar-refractivity contribution in [3.63, 3.8) is 0 Å². The molecule has 0 heterocycles. The molecule has 0 bridgehead atoms. The average Bonchev–Trinajstić information content (AvgIpc) is 2.11. The van der Waals surface area contributed by atoms with Gasteiger partial charge in [-0.15, -0.1) is 0 Å². The maximum atomic E-state index is 11.5. The highest BCUT2D eigenvalue weighted by molar-refractivity contribution is 5.95. The topological polar surface area (TPSA) is 86.7 Å². The van der Waals surface area contributed by atoms with Crippen molar-refractivity contribution < 1.29 is 19.5 Å². The van der Waals surface area contributed by atoms with Crippen molar-refractivity contribution in [1.29, 1.82) is 0 Å². The van der Waals surface area contributed by atoms with E-state index in [1.807, 2.05) is 20.8 Å². The molecule has 0 fully saturated rings. The maximum Gasteiger partial charge on any atom is 0.323 e. The summed E-state index contributed by atoms with van der Waals surface area (Å²) in [7, 11) is 1.59. The summed E-state index contributed by atoms with van der Waals surface area (Å²) < 4.78 is 0. The van der Waals surface area contributed by atoms with Crippen LogP contribution in [0.4, 0.5) is 4.79 Å². The Balaban J connectivity index is 4.08. The van der Waals surface area contributed by atoms with E-state index in [-0.39, 0.29) is 18.3 Å². The monoisotopic (exact) mass is 244 g/mol. The molecule has 0 aromatic rings. The Labute approximate surface area is 101 Å². The van der Waals surface area contributed by atoms with Gasteiger partial charge in [-0.25, -0.2) is 4.79 Å². The van der Waals surface area contributed by atoms with E-state index in [2.05, 4.69) is 5.32 Å². The lowest BCUT2D eigenvalue weighted by Crippen LogP contribution is -2.43. The zero-order valence-corrected chi connectivity index (χ0v) is 10.7. The Morgan fingerprint density at radius 1 is 1.18 bits per heavy atom. The number of carboxylic acids is 1. The molecule has 0 aliphatic rings. The molecule has 0 spiro atoms. The number of urea groups is 1.